The molecule has 2 saturated carbocycles. The zero-order valence-electron chi connectivity index (χ0n) is 26.0. The van der Waals surface area contributed by atoms with Gasteiger partial charge in [-0.1, -0.05) is 37.6 Å². The number of benzene rings is 2. The number of anilines is 3. The number of hydrogen-bond donors (Lipinski definition) is 5. The van der Waals surface area contributed by atoms with E-state index >= 15 is 0 Å². The highest BCUT2D eigenvalue weighted by molar-refractivity contribution is 7.98. The third-order valence-electron chi connectivity index (χ3n) is 7.38. The van der Waals surface area contributed by atoms with Gasteiger partial charge in [-0.15, -0.1) is 0 Å². The minimum absolute atomic E-state index is 0.0182. The lowest BCUT2D eigenvalue weighted by Gasteiger charge is -2.25. The summed E-state index contributed by atoms with van der Waals surface area (Å²) in [6.07, 6.45) is -1.07. The molecule has 0 spiro atoms. The molecule has 2 aromatic carbocycles. The lowest BCUT2D eigenvalue weighted by Crippen LogP contribution is -2.45. The highest BCUT2D eigenvalue weighted by Gasteiger charge is 2.45. The summed E-state index contributed by atoms with van der Waals surface area (Å²) in [4.78, 5) is 49.2. The second-order valence-electron chi connectivity index (χ2n) is 12.4. The standard InChI is InChI=1S/C31H34ClF3N8O4S/c1-29(2,16-37-24(45)25(46)43-48-22-11-12-22)15-36-23(44)18-3-9-21(10-4-18)38-26-39-27(41-28(40-26)47-17-31(33,34)35)42-30(13-14-30)19-5-7-20(32)8-6-19/h3-10,22H,11-17H2,1-2H3,(H,36,44)(H,37,45)(H,43,46)(H2,38,39,40,41,42). The largest absolute Gasteiger partial charge is 0.454 e. The van der Waals surface area contributed by atoms with Crippen LogP contribution in [0.25, 0.3) is 0 Å². The number of alkyl halides is 3. The highest BCUT2D eigenvalue weighted by Crippen LogP contribution is 2.48. The normalized spacial score (nSPS) is 15.2. The van der Waals surface area contributed by atoms with Crippen LogP contribution in [0.5, 0.6) is 6.01 Å². The van der Waals surface area contributed by atoms with Crippen molar-refractivity contribution in [3.63, 3.8) is 0 Å². The molecule has 0 radical (unpaired) electrons. The van der Waals surface area contributed by atoms with Crippen LogP contribution in [0.15, 0.2) is 48.5 Å². The van der Waals surface area contributed by atoms with Gasteiger partial charge in [0.2, 0.25) is 11.9 Å². The van der Waals surface area contributed by atoms with Gasteiger partial charge in [0.1, 0.15) is 0 Å². The Morgan fingerprint density at radius 3 is 2.19 bits per heavy atom. The Morgan fingerprint density at radius 1 is 0.917 bits per heavy atom. The molecule has 256 valence electrons. The van der Waals surface area contributed by atoms with Gasteiger partial charge in [-0.05, 0) is 85.0 Å². The summed E-state index contributed by atoms with van der Waals surface area (Å²) in [6, 6.07) is 13.0. The molecule has 0 aliphatic heterocycles. The maximum Gasteiger partial charge on any atom is 0.422 e. The Bertz CT molecular complexity index is 1640. The summed E-state index contributed by atoms with van der Waals surface area (Å²) in [5, 5.41) is 12.5. The predicted molar refractivity (Wildman–Crippen MR) is 175 cm³/mol. The number of rotatable bonds is 14. The van der Waals surface area contributed by atoms with Crippen molar-refractivity contribution in [3.8, 4) is 6.01 Å². The van der Waals surface area contributed by atoms with E-state index in [0.29, 0.717) is 21.5 Å². The fourth-order valence-corrected chi connectivity index (χ4v) is 5.22. The Morgan fingerprint density at radius 2 is 1.56 bits per heavy atom. The summed E-state index contributed by atoms with van der Waals surface area (Å²) >= 11 is 7.27. The fourth-order valence-electron chi connectivity index (χ4n) is 4.36. The first-order valence-corrected chi connectivity index (χ1v) is 16.3. The molecule has 5 rings (SSSR count). The number of nitrogens with one attached hydrogen (secondary N) is 5. The molecular weight excluding hydrogens is 673 g/mol. The van der Waals surface area contributed by atoms with E-state index in [0.717, 1.165) is 31.2 Å². The Labute approximate surface area is 283 Å². The minimum atomic E-state index is -4.60. The number of carbonyl (C=O) groups excluding carboxylic acids is 3. The van der Waals surface area contributed by atoms with E-state index in [2.05, 4.69) is 40.9 Å². The molecule has 0 atom stereocenters. The summed E-state index contributed by atoms with van der Waals surface area (Å²) in [7, 11) is 0. The van der Waals surface area contributed by atoms with Crippen molar-refractivity contribution in [1.82, 2.24) is 30.3 Å². The van der Waals surface area contributed by atoms with Gasteiger partial charge in [-0.25, -0.2) is 0 Å². The Kier molecular flexibility index (Phi) is 10.5. The topological polar surface area (TPSA) is 159 Å². The molecule has 1 heterocycles. The smallest absolute Gasteiger partial charge is 0.422 e. The Hall–Kier alpha value is -4.31. The lowest BCUT2D eigenvalue weighted by molar-refractivity contribution is -0.154. The van der Waals surface area contributed by atoms with Crippen LogP contribution in [0.2, 0.25) is 5.02 Å². The zero-order valence-corrected chi connectivity index (χ0v) is 27.6. The average molecular weight is 707 g/mol. The molecule has 0 bridgehead atoms. The number of carbonyl (C=O) groups is 3. The minimum Gasteiger partial charge on any atom is -0.454 e. The molecule has 1 aromatic heterocycles. The predicted octanol–water partition coefficient (Wildman–Crippen LogP) is 5.11. The molecule has 2 aliphatic carbocycles. The molecule has 12 nitrogen and oxygen atoms in total. The summed E-state index contributed by atoms with van der Waals surface area (Å²) < 4.78 is 46.0. The van der Waals surface area contributed by atoms with Crippen molar-refractivity contribution >= 4 is 58.9 Å². The van der Waals surface area contributed by atoms with Crippen LogP contribution in [0.4, 0.5) is 30.8 Å². The monoisotopic (exact) mass is 706 g/mol. The molecule has 2 aliphatic rings. The molecule has 0 saturated heterocycles. The summed E-state index contributed by atoms with van der Waals surface area (Å²) in [6.45, 7) is 2.46. The quantitative estimate of drug-likeness (QED) is 0.113. The number of aromatic nitrogens is 3. The van der Waals surface area contributed by atoms with E-state index in [9.17, 15) is 27.6 Å². The van der Waals surface area contributed by atoms with Crippen LogP contribution in [0.3, 0.4) is 0 Å². The zero-order chi connectivity index (χ0) is 34.5. The van der Waals surface area contributed by atoms with Crippen molar-refractivity contribution in [2.45, 2.75) is 56.5 Å². The van der Waals surface area contributed by atoms with Crippen LogP contribution in [0.1, 0.15) is 55.5 Å². The number of ether oxygens (including phenoxy) is 1. The van der Waals surface area contributed by atoms with Crippen LogP contribution in [-0.2, 0) is 15.1 Å². The van der Waals surface area contributed by atoms with E-state index in [1.165, 1.54) is 11.9 Å². The van der Waals surface area contributed by atoms with Crippen molar-refractivity contribution < 1.29 is 32.3 Å². The first-order valence-electron chi connectivity index (χ1n) is 15.1. The molecule has 3 aromatic rings. The van der Waals surface area contributed by atoms with E-state index in [4.69, 9.17) is 16.3 Å². The third kappa shape index (κ3) is 10.3. The van der Waals surface area contributed by atoms with Gasteiger partial charge in [-0.3, -0.25) is 19.1 Å². The highest BCUT2D eigenvalue weighted by atomic mass is 35.5. The van der Waals surface area contributed by atoms with Crippen LogP contribution < -0.4 is 30.7 Å². The van der Waals surface area contributed by atoms with Crippen LogP contribution in [0, 0.1) is 5.41 Å². The number of amides is 3. The van der Waals surface area contributed by atoms with Crippen LogP contribution in [-0.4, -0.2) is 63.8 Å². The first kappa shape index (κ1) is 35.0. The number of nitrogens with zero attached hydrogens (tertiary/aromatic N) is 3. The van der Waals surface area contributed by atoms with E-state index in [-0.39, 0.29) is 30.9 Å². The Balaban J connectivity index is 1.18. The van der Waals surface area contributed by atoms with Gasteiger partial charge < -0.3 is 26.0 Å². The summed E-state index contributed by atoms with van der Waals surface area (Å²) in [5.74, 6) is -1.87. The lowest BCUT2D eigenvalue weighted by atomic mass is 9.93. The SMILES string of the molecule is CC(C)(CNC(=O)C(=O)NSC1CC1)CNC(=O)c1ccc(Nc2nc(NC3(c4ccc(Cl)cc4)CC3)nc(OCC(F)(F)F)n2)cc1. The molecule has 0 unspecified atom stereocenters. The van der Waals surface area contributed by atoms with Gasteiger partial charge in [0.05, 0.1) is 5.54 Å². The maximum absolute atomic E-state index is 12.9. The first-order chi connectivity index (χ1) is 22.7. The molecule has 48 heavy (non-hydrogen) atoms. The molecule has 5 N–H and O–H groups in total. The second kappa shape index (κ2) is 14.4. The van der Waals surface area contributed by atoms with Crippen molar-refractivity contribution in [1.29, 1.82) is 0 Å². The van der Waals surface area contributed by atoms with E-state index in [1.807, 2.05) is 26.0 Å². The van der Waals surface area contributed by atoms with Crippen molar-refractivity contribution in [3.05, 3.63) is 64.7 Å². The van der Waals surface area contributed by atoms with Gasteiger partial charge in [-0.2, -0.15) is 28.1 Å². The van der Waals surface area contributed by atoms with Gasteiger partial charge in [0.25, 0.3) is 5.91 Å². The van der Waals surface area contributed by atoms with Gasteiger partial charge >= 0.3 is 24.0 Å². The second-order valence-corrected chi connectivity index (χ2v) is 13.9. The molecule has 3 amide bonds. The summed E-state index contributed by atoms with van der Waals surface area (Å²) in [5.41, 5.74) is 0.642. The van der Waals surface area contributed by atoms with Crippen molar-refractivity contribution in [2.75, 3.05) is 30.3 Å². The molecule has 2 fully saturated rings. The van der Waals surface area contributed by atoms with E-state index < -0.39 is 41.6 Å². The van der Waals surface area contributed by atoms with Gasteiger partial charge in [0, 0.05) is 34.6 Å². The van der Waals surface area contributed by atoms with Crippen LogP contribution >= 0.6 is 23.5 Å². The van der Waals surface area contributed by atoms with Gasteiger partial charge in [0.15, 0.2) is 6.61 Å². The maximum atomic E-state index is 12.9. The number of halogens is 4. The third-order valence-corrected chi connectivity index (χ3v) is 8.74. The molecular formula is C31H34ClF3N8O4S. The average Bonchev–Trinajstić information content (AvgIpc) is 3.98. The van der Waals surface area contributed by atoms with E-state index in [1.54, 1.807) is 36.4 Å². The number of hydrogen-bond acceptors (Lipinski definition) is 10. The van der Waals surface area contributed by atoms with Crippen molar-refractivity contribution in [2.24, 2.45) is 5.41 Å². The fraction of sp³-hybridized carbons (Fsp3) is 0.419. The molecule has 17 heteroatoms.